The van der Waals surface area contributed by atoms with Crippen molar-refractivity contribution in [3.8, 4) is 34.0 Å². The maximum atomic E-state index is 12.4. The predicted octanol–water partition coefficient (Wildman–Crippen LogP) is 8.94. The number of benzene rings is 4. The molecule has 0 spiro atoms. The van der Waals surface area contributed by atoms with Gasteiger partial charge in [0.15, 0.2) is 0 Å². The molecule has 0 saturated carbocycles. The second-order valence-electron chi connectivity index (χ2n) is 18.2. The molecule has 0 bridgehead atoms. The first-order valence-corrected chi connectivity index (χ1v) is 27.9. The molecule has 408 valence electrons. The van der Waals surface area contributed by atoms with Gasteiger partial charge >= 0.3 is 0 Å². The molecule has 23 heteroatoms. The first kappa shape index (κ1) is 58.4. The number of rotatable bonds is 20. The van der Waals surface area contributed by atoms with Gasteiger partial charge in [-0.3, -0.25) is 4.72 Å². The molecule has 20 nitrogen and oxygen atoms in total. The summed E-state index contributed by atoms with van der Waals surface area (Å²) >= 11 is 0. The van der Waals surface area contributed by atoms with Gasteiger partial charge in [0.1, 0.15) is 11.5 Å². The molecule has 77 heavy (non-hydrogen) atoms. The van der Waals surface area contributed by atoms with Crippen LogP contribution in [0, 0.1) is 0 Å². The van der Waals surface area contributed by atoms with Crippen LogP contribution in [0.5, 0.6) is 11.5 Å². The fourth-order valence-electron chi connectivity index (χ4n) is 8.02. The summed E-state index contributed by atoms with van der Waals surface area (Å²) in [5, 5.41) is 10.3. The van der Waals surface area contributed by atoms with E-state index in [1.165, 1.54) is 0 Å². The summed E-state index contributed by atoms with van der Waals surface area (Å²) in [6.07, 6.45) is 7.57. The van der Waals surface area contributed by atoms with Gasteiger partial charge in [0.25, 0.3) is 19.1 Å². The molecule has 0 saturated heterocycles. The maximum absolute atomic E-state index is 12.4. The Morgan fingerprint density at radius 2 is 1.05 bits per heavy atom. The van der Waals surface area contributed by atoms with Crippen molar-refractivity contribution in [1.82, 2.24) is 38.9 Å². The fraction of sp³-hybridized carbons (Fsp3) is 0.259. The van der Waals surface area contributed by atoms with Gasteiger partial charge in [-0.25, -0.2) is 36.8 Å². The standard InChI is InChI=1S/C27H33N7O3S.C25H31N7O.C2H3ClO2S/c1-7-38(35,36)31-22-16-23(26(37-6)17-25(22)33(4)15-14-32(2)3)30-27-28-13-12-21(29-27)20-18-34(5)24-11-9-8-10-19(20)24;1-30(2)12-13-31(3)23-15-24(33-5)21(14-19(23)26)29-25-27-11-10-20(28-25)18-16-32(4)22-9-7-6-8-17(18)22;1-2-6(3,4)5/h7-13,16-18,31H,1,14-15H2,2-6H3,(H,28,29,30);6-11,14-16H,12-13,26H2,1-5H3,(H,27,28,29);2H,1H2. The van der Waals surface area contributed by atoms with Gasteiger partial charge in [0.2, 0.25) is 11.9 Å². The first-order valence-electron chi connectivity index (χ1n) is 24.0. The van der Waals surface area contributed by atoms with Crippen LogP contribution < -0.4 is 40.4 Å². The number of nitrogens with zero attached hydrogens (tertiary/aromatic N) is 10. The lowest BCUT2D eigenvalue weighted by molar-refractivity contribution is 0.413. The van der Waals surface area contributed by atoms with Crippen molar-refractivity contribution in [3.63, 3.8) is 0 Å². The molecule has 5 N–H and O–H groups in total. The highest BCUT2D eigenvalue weighted by molar-refractivity contribution is 8.16. The van der Waals surface area contributed by atoms with Crippen LogP contribution in [-0.2, 0) is 33.2 Å². The van der Waals surface area contributed by atoms with Crippen molar-refractivity contribution in [1.29, 1.82) is 0 Å². The second-order valence-corrected chi connectivity index (χ2v) is 22.4. The summed E-state index contributed by atoms with van der Waals surface area (Å²) < 4.78 is 62.2. The molecule has 8 rings (SSSR count). The van der Waals surface area contributed by atoms with Crippen molar-refractivity contribution < 1.29 is 26.3 Å². The van der Waals surface area contributed by atoms with E-state index in [4.69, 9.17) is 25.2 Å². The predicted molar refractivity (Wildman–Crippen MR) is 316 cm³/mol. The topological polar surface area (TPSA) is 223 Å². The van der Waals surface area contributed by atoms with Crippen molar-refractivity contribution >= 4 is 97.6 Å². The van der Waals surface area contributed by atoms with Gasteiger partial charge in [-0.1, -0.05) is 49.6 Å². The number of nitrogens with two attached hydrogens (primary N) is 1. The zero-order valence-electron chi connectivity index (χ0n) is 45.0. The molecule has 0 amide bonds. The van der Waals surface area contributed by atoms with E-state index in [0.29, 0.717) is 58.1 Å². The minimum absolute atomic E-state index is 0.347. The average molecular weight is 1110 g/mol. The number of para-hydroxylation sites is 2. The smallest absolute Gasteiger partial charge is 0.254 e. The summed E-state index contributed by atoms with van der Waals surface area (Å²) in [6.45, 7) is 9.55. The Balaban J connectivity index is 0.000000227. The third kappa shape index (κ3) is 15.4. The highest BCUT2D eigenvalue weighted by Gasteiger charge is 2.20. The molecule has 0 fully saturated rings. The summed E-state index contributed by atoms with van der Waals surface area (Å²) in [7, 11) is 16.6. The quantitative estimate of drug-likeness (QED) is 0.0413. The number of hydrogen-bond acceptors (Lipinski definition) is 17. The van der Waals surface area contributed by atoms with Crippen LogP contribution in [0.2, 0.25) is 0 Å². The Kier molecular flexibility index (Phi) is 19.5. The molecule has 0 aliphatic heterocycles. The Morgan fingerprint density at radius 3 is 1.48 bits per heavy atom. The SMILES string of the molecule is C=CS(=O)(=O)Cl.C=CS(=O)(=O)Nc1cc(Nc2nccc(-c3cn(C)c4ccccc34)n2)c(OC)cc1N(C)CCN(C)C.COc1cc(N(C)CCN(C)C)c(N)cc1Nc1nccc(-c2cn(C)c3ccccc23)n1. The van der Waals surface area contributed by atoms with E-state index < -0.39 is 19.1 Å². The minimum Gasteiger partial charge on any atom is -0.494 e. The van der Waals surface area contributed by atoms with E-state index in [9.17, 15) is 16.8 Å². The number of aryl methyl sites for hydroxylation is 2. The van der Waals surface area contributed by atoms with E-state index >= 15 is 0 Å². The van der Waals surface area contributed by atoms with Crippen LogP contribution in [0.3, 0.4) is 0 Å². The Hall–Kier alpha value is -7.89. The lowest BCUT2D eigenvalue weighted by atomic mass is 10.1. The number of ether oxygens (including phenoxy) is 2. The molecule has 8 aromatic rings. The molecule has 4 heterocycles. The Labute approximate surface area is 455 Å². The van der Waals surface area contributed by atoms with Gasteiger partial charge in [-0.2, -0.15) is 0 Å². The lowest BCUT2D eigenvalue weighted by Gasteiger charge is -2.26. The number of halogens is 1. The van der Waals surface area contributed by atoms with E-state index in [1.54, 1.807) is 38.7 Å². The number of nitrogens with one attached hydrogen (secondary N) is 3. The third-order valence-corrected chi connectivity index (χ3v) is 13.8. The number of anilines is 8. The molecular weight excluding hydrogens is 1040 g/mol. The van der Waals surface area contributed by atoms with Gasteiger partial charge < -0.3 is 54.6 Å². The van der Waals surface area contributed by atoms with Gasteiger partial charge in [-0.15, -0.1) is 0 Å². The Bertz CT molecular complexity index is 3580. The number of nitrogen functional groups attached to an aromatic ring is 1. The van der Waals surface area contributed by atoms with Crippen molar-refractivity contribution in [3.05, 3.63) is 134 Å². The van der Waals surface area contributed by atoms with Crippen LogP contribution >= 0.6 is 10.7 Å². The van der Waals surface area contributed by atoms with Crippen molar-refractivity contribution in [2.24, 2.45) is 14.1 Å². The number of methoxy groups -OCH3 is 2. The number of likely N-dealkylation sites (N-methyl/N-ethyl adjacent to an activating group) is 4. The van der Waals surface area contributed by atoms with Gasteiger partial charge in [0.05, 0.1) is 59.7 Å². The zero-order chi connectivity index (χ0) is 56.2. The van der Waals surface area contributed by atoms with E-state index in [0.717, 1.165) is 80.7 Å². The number of hydrogen-bond donors (Lipinski definition) is 4. The van der Waals surface area contributed by atoms with E-state index in [2.05, 4.69) is 118 Å². The maximum Gasteiger partial charge on any atom is 0.254 e. The average Bonchev–Trinajstić information content (AvgIpc) is 3.93. The van der Waals surface area contributed by atoms with Gasteiger partial charge in [0, 0.05) is 146 Å². The monoisotopic (exact) mass is 1110 g/mol. The van der Waals surface area contributed by atoms with E-state index in [1.807, 2.05) is 102 Å². The molecule has 0 radical (unpaired) electrons. The normalized spacial score (nSPS) is 11.3. The molecule has 0 aliphatic rings. The molecular formula is C54H67ClN14O6S2. The number of fused-ring (bicyclic) bond motifs is 2. The highest BCUT2D eigenvalue weighted by Crippen LogP contribution is 2.40. The molecule has 0 atom stereocenters. The highest BCUT2D eigenvalue weighted by atomic mass is 35.7. The second kappa shape index (κ2) is 25.8. The summed E-state index contributed by atoms with van der Waals surface area (Å²) in [5.74, 6) is 2.01. The van der Waals surface area contributed by atoms with Crippen LogP contribution in [0.25, 0.3) is 44.3 Å². The molecule has 4 aromatic carbocycles. The minimum atomic E-state index is -3.76. The summed E-state index contributed by atoms with van der Waals surface area (Å²) in [4.78, 5) is 26.6. The summed E-state index contributed by atoms with van der Waals surface area (Å²) in [5.41, 5.74) is 16.1. The van der Waals surface area contributed by atoms with E-state index in [-0.39, 0.29) is 0 Å². The zero-order valence-corrected chi connectivity index (χ0v) is 47.4. The fourth-order valence-corrected chi connectivity index (χ4v) is 8.58. The molecule has 4 aromatic heterocycles. The van der Waals surface area contributed by atoms with Crippen LogP contribution in [0.15, 0.2) is 134 Å². The van der Waals surface area contributed by atoms with Crippen molar-refractivity contribution in [2.45, 2.75) is 0 Å². The molecule has 0 unspecified atom stereocenters. The number of sulfonamides is 1. The lowest BCUT2D eigenvalue weighted by Crippen LogP contribution is -2.29. The molecule has 0 aliphatic carbocycles. The largest absolute Gasteiger partial charge is 0.494 e. The Morgan fingerprint density at radius 1 is 0.623 bits per heavy atom. The third-order valence-electron chi connectivity index (χ3n) is 12.1. The van der Waals surface area contributed by atoms with Crippen LogP contribution in [0.1, 0.15) is 0 Å². The van der Waals surface area contributed by atoms with Crippen molar-refractivity contribution in [2.75, 3.05) is 114 Å². The summed E-state index contributed by atoms with van der Waals surface area (Å²) in [6, 6.07) is 27.5. The van der Waals surface area contributed by atoms with Crippen LogP contribution in [-0.4, -0.2) is 138 Å². The van der Waals surface area contributed by atoms with Gasteiger partial charge in [-0.05, 0) is 64.6 Å². The number of aromatic nitrogens is 6. The first-order chi connectivity index (χ1) is 36.5. The van der Waals surface area contributed by atoms with Crippen LogP contribution in [0.4, 0.5) is 46.0 Å².